The van der Waals surface area contributed by atoms with Crippen LogP contribution in [0.1, 0.15) is 40.9 Å². The van der Waals surface area contributed by atoms with Gasteiger partial charge in [-0.2, -0.15) is 0 Å². The third-order valence-electron chi connectivity index (χ3n) is 8.24. The summed E-state index contributed by atoms with van der Waals surface area (Å²) < 4.78 is 9.15. The smallest absolute Gasteiger partial charge is 0.339 e. The standard InChI is InChI=1S/C34H31N5O6/c1-4-37(5-2)17-21-9-8-10-22(15-21)34(42)45-20-38-19-27(24-11-6-7-12-28(24)38)31-30(32(40)35-33(31)41)26-18-36(3)29-16-23(39(43)44)13-14-25(26)29/h6-16,18-19H,4-5,17,20H2,1-3H3,(H,35,40,41). The van der Waals surface area contributed by atoms with Gasteiger partial charge in [0.1, 0.15) is 0 Å². The number of aryl methyl sites for hydroxylation is 1. The van der Waals surface area contributed by atoms with E-state index in [-0.39, 0.29) is 23.6 Å². The first-order chi connectivity index (χ1) is 21.7. The fourth-order valence-corrected chi connectivity index (χ4v) is 5.92. The molecule has 5 aromatic rings. The Morgan fingerprint density at radius 1 is 0.889 bits per heavy atom. The molecule has 11 heteroatoms. The van der Waals surface area contributed by atoms with E-state index in [0.717, 1.165) is 25.2 Å². The Bertz CT molecular complexity index is 2050. The molecule has 0 saturated heterocycles. The van der Waals surface area contributed by atoms with E-state index in [2.05, 4.69) is 24.1 Å². The number of nitrogens with one attached hydrogen (secondary N) is 1. The van der Waals surface area contributed by atoms with Crippen LogP contribution in [0.15, 0.2) is 79.1 Å². The highest BCUT2D eigenvalue weighted by molar-refractivity contribution is 6.50. The monoisotopic (exact) mass is 605 g/mol. The van der Waals surface area contributed by atoms with Crippen LogP contribution >= 0.6 is 0 Å². The number of aromatic nitrogens is 2. The Labute approximate surface area is 258 Å². The van der Waals surface area contributed by atoms with E-state index < -0.39 is 22.7 Å². The van der Waals surface area contributed by atoms with Crippen molar-refractivity contribution in [3.8, 4) is 0 Å². The highest BCUT2D eigenvalue weighted by Gasteiger charge is 2.35. The molecular weight excluding hydrogens is 574 g/mol. The van der Waals surface area contributed by atoms with Gasteiger partial charge < -0.3 is 13.9 Å². The van der Waals surface area contributed by atoms with Crippen molar-refractivity contribution in [2.75, 3.05) is 13.1 Å². The second-order valence-corrected chi connectivity index (χ2v) is 10.9. The lowest BCUT2D eigenvalue weighted by molar-refractivity contribution is -0.384. The number of ether oxygens (including phenoxy) is 1. The molecule has 6 rings (SSSR count). The van der Waals surface area contributed by atoms with Crippen LogP contribution in [0.5, 0.6) is 0 Å². The number of carbonyl (C=O) groups excluding carboxylic acids is 3. The third kappa shape index (κ3) is 5.38. The van der Waals surface area contributed by atoms with E-state index in [1.807, 2.05) is 42.5 Å². The van der Waals surface area contributed by atoms with Gasteiger partial charge in [0.25, 0.3) is 17.5 Å². The van der Waals surface area contributed by atoms with Crippen molar-refractivity contribution in [2.24, 2.45) is 7.05 Å². The van der Waals surface area contributed by atoms with Crippen LogP contribution in [0.25, 0.3) is 33.0 Å². The number of hydrogen-bond acceptors (Lipinski definition) is 7. The van der Waals surface area contributed by atoms with Gasteiger partial charge in [0.05, 0.1) is 32.7 Å². The summed E-state index contributed by atoms with van der Waals surface area (Å²) in [6, 6.07) is 19.1. The van der Waals surface area contributed by atoms with E-state index in [1.54, 1.807) is 40.7 Å². The minimum atomic E-state index is -0.561. The van der Waals surface area contributed by atoms with Crippen molar-refractivity contribution in [3.05, 3.63) is 111 Å². The first-order valence-corrected chi connectivity index (χ1v) is 14.6. The summed E-state index contributed by atoms with van der Waals surface area (Å²) >= 11 is 0. The van der Waals surface area contributed by atoms with Gasteiger partial charge in [-0.15, -0.1) is 0 Å². The topological polar surface area (TPSA) is 129 Å². The molecule has 0 atom stereocenters. The number of amides is 2. The molecule has 1 N–H and O–H groups in total. The van der Waals surface area contributed by atoms with Crippen LogP contribution in [-0.2, 0) is 34.6 Å². The first-order valence-electron chi connectivity index (χ1n) is 14.6. The zero-order valence-corrected chi connectivity index (χ0v) is 25.1. The summed E-state index contributed by atoms with van der Waals surface area (Å²) in [6.45, 7) is 6.61. The van der Waals surface area contributed by atoms with Crippen LogP contribution in [0.4, 0.5) is 5.69 Å². The molecule has 3 aromatic carbocycles. The molecular formula is C34H31N5O6. The largest absolute Gasteiger partial charge is 0.440 e. The number of fused-ring (bicyclic) bond motifs is 2. The first kappa shape index (κ1) is 29.5. The van der Waals surface area contributed by atoms with Gasteiger partial charge in [-0.3, -0.25) is 29.9 Å². The fraction of sp³-hybridized carbons (Fsp3) is 0.206. The van der Waals surface area contributed by atoms with E-state index in [0.29, 0.717) is 38.5 Å². The van der Waals surface area contributed by atoms with E-state index in [4.69, 9.17) is 4.74 Å². The van der Waals surface area contributed by atoms with Crippen LogP contribution in [-0.4, -0.2) is 49.8 Å². The van der Waals surface area contributed by atoms with Gasteiger partial charge >= 0.3 is 5.97 Å². The molecule has 0 bridgehead atoms. The summed E-state index contributed by atoms with van der Waals surface area (Å²) in [4.78, 5) is 52.8. The summed E-state index contributed by atoms with van der Waals surface area (Å²) in [7, 11) is 1.73. The molecule has 0 radical (unpaired) electrons. The number of carbonyl (C=O) groups is 3. The number of nitro benzene ring substituents is 1. The SMILES string of the molecule is CCN(CC)Cc1cccc(C(=O)OCn2cc(C3=C(c4cn(C)c5cc([N+](=O)[O-])ccc45)C(=O)NC3=O)c3ccccc32)c1. The summed E-state index contributed by atoms with van der Waals surface area (Å²) in [5.41, 5.74) is 3.97. The minimum absolute atomic E-state index is 0.0790. The molecule has 2 aromatic heterocycles. The molecule has 11 nitrogen and oxygen atoms in total. The molecule has 45 heavy (non-hydrogen) atoms. The molecule has 2 amide bonds. The number of rotatable bonds is 10. The predicted molar refractivity (Wildman–Crippen MR) is 170 cm³/mol. The number of benzene rings is 3. The average molecular weight is 606 g/mol. The molecule has 0 fully saturated rings. The normalized spacial score (nSPS) is 13.3. The molecule has 0 saturated carbocycles. The summed E-state index contributed by atoms with van der Waals surface area (Å²) in [6.07, 6.45) is 3.40. The molecule has 1 aliphatic heterocycles. The molecule has 228 valence electrons. The van der Waals surface area contributed by atoms with E-state index >= 15 is 0 Å². The summed E-state index contributed by atoms with van der Waals surface area (Å²) in [5.74, 6) is -1.60. The van der Waals surface area contributed by atoms with Crippen LogP contribution in [0.3, 0.4) is 0 Å². The maximum atomic E-state index is 13.3. The molecule has 0 aliphatic carbocycles. The van der Waals surface area contributed by atoms with Gasteiger partial charge in [-0.1, -0.05) is 44.2 Å². The van der Waals surface area contributed by atoms with Crippen molar-refractivity contribution in [1.29, 1.82) is 0 Å². The molecule has 0 unspecified atom stereocenters. The zero-order chi connectivity index (χ0) is 31.8. The Hall–Kier alpha value is -5.55. The molecule has 3 heterocycles. The Morgan fingerprint density at radius 3 is 2.29 bits per heavy atom. The Balaban J connectivity index is 1.37. The second-order valence-electron chi connectivity index (χ2n) is 10.9. The van der Waals surface area contributed by atoms with Gasteiger partial charge in [-0.25, -0.2) is 4.79 Å². The maximum absolute atomic E-state index is 13.3. The number of esters is 1. The van der Waals surface area contributed by atoms with E-state index in [1.165, 1.54) is 12.1 Å². The van der Waals surface area contributed by atoms with Gasteiger partial charge in [-0.05, 0) is 42.9 Å². The number of para-hydroxylation sites is 1. The Kier molecular flexibility index (Phi) is 7.78. The average Bonchev–Trinajstić information content (AvgIpc) is 3.67. The number of nitro groups is 1. The third-order valence-corrected chi connectivity index (χ3v) is 8.24. The lowest BCUT2D eigenvalue weighted by Gasteiger charge is -2.18. The minimum Gasteiger partial charge on any atom is -0.440 e. The fourth-order valence-electron chi connectivity index (χ4n) is 5.92. The van der Waals surface area contributed by atoms with Crippen molar-refractivity contribution in [3.63, 3.8) is 0 Å². The maximum Gasteiger partial charge on any atom is 0.339 e. The number of imide groups is 1. The van der Waals surface area contributed by atoms with Crippen molar-refractivity contribution >= 4 is 56.4 Å². The van der Waals surface area contributed by atoms with Crippen molar-refractivity contribution in [2.45, 2.75) is 27.1 Å². The zero-order valence-electron chi connectivity index (χ0n) is 25.1. The van der Waals surface area contributed by atoms with Crippen molar-refractivity contribution < 1.29 is 24.0 Å². The lowest BCUT2D eigenvalue weighted by Crippen LogP contribution is -2.22. The lowest BCUT2D eigenvalue weighted by atomic mass is 9.95. The highest BCUT2D eigenvalue weighted by atomic mass is 16.6. The molecule has 1 aliphatic rings. The van der Waals surface area contributed by atoms with Crippen LogP contribution < -0.4 is 5.32 Å². The quantitative estimate of drug-likeness (QED) is 0.0995. The number of hydrogen-bond donors (Lipinski definition) is 1. The number of non-ortho nitro benzene ring substituents is 1. The van der Waals surface area contributed by atoms with Gasteiger partial charge in [0.15, 0.2) is 6.73 Å². The van der Waals surface area contributed by atoms with Crippen molar-refractivity contribution in [1.82, 2.24) is 19.4 Å². The molecule has 0 spiro atoms. The van der Waals surface area contributed by atoms with Gasteiger partial charge in [0, 0.05) is 60.0 Å². The number of nitrogens with zero attached hydrogens (tertiary/aromatic N) is 4. The predicted octanol–water partition coefficient (Wildman–Crippen LogP) is 5.26. The van der Waals surface area contributed by atoms with E-state index in [9.17, 15) is 24.5 Å². The van der Waals surface area contributed by atoms with Crippen LogP contribution in [0.2, 0.25) is 0 Å². The van der Waals surface area contributed by atoms with Crippen LogP contribution in [0, 0.1) is 10.1 Å². The summed E-state index contributed by atoms with van der Waals surface area (Å²) in [5, 5.41) is 15.1. The Morgan fingerprint density at radius 2 is 1.58 bits per heavy atom. The highest BCUT2D eigenvalue weighted by Crippen LogP contribution is 2.39. The van der Waals surface area contributed by atoms with Gasteiger partial charge in [0.2, 0.25) is 0 Å². The second kappa shape index (κ2) is 11.9.